The Hall–Kier alpha value is -0.830. The van der Waals surface area contributed by atoms with Crippen LogP contribution in [0.2, 0.25) is 0 Å². The van der Waals surface area contributed by atoms with Gasteiger partial charge in [0, 0.05) is 23.9 Å². The number of nitrogens with one attached hydrogen (secondary N) is 1. The van der Waals surface area contributed by atoms with Gasteiger partial charge in [-0.05, 0) is 41.4 Å². The van der Waals surface area contributed by atoms with Crippen LogP contribution in [-0.4, -0.2) is 24.2 Å². The standard InChI is InChI=1S/C15H21NOS/c1-15(2)6-8-18-10-14(15)16-12-3-4-13-11(9-12)5-7-17-13/h3-4,9,14,16H,5-8,10H2,1-2H3. The van der Waals surface area contributed by atoms with Gasteiger partial charge in [0.1, 0.15) is 5.75 Å². The quantitative estimate of drug-likeness (QED) is 0.881. The molecular formula is C15H21NOS. The van der Waals surface area contributed by atoms with E-state index in [2.05, 4.69) is 49.1 Å². The van der Waals surface area contributed by atoms with Crippen LogP contribution < -0.4 is 10.1 Å². The van der Waals surface area contributed by atoms with E-state index in [1.165, 1.54) is 29.2 Å². The van der Waals surface area contributed by atoms with Crippen LogP contribution in [-0.2, 0) is 6.42 Å². The molecule has 1 unspecified atom stereocenters. The van der Waals surface area contributed by atoms with Crippen molar-refractivity contribution >= 4 is 17.4 Å². The molecule has 1 saturated heterocycles. The summed E-state index contributed by atoms with van der Waals surface area (Å²) in [6.45, 7) is 5.59. The third-order valence-electron chi connectivity index (χ3n) is 4.15. The van der Waals surface area contributed by atoms with Crippen LogP contribution in [0.3, 0.4) is 0 Å². The largest absolute Gasteiger partial charge is 0.493 e. The summed E-state index contributed by atoms with van der Waals surface area (Å²) in [6.07, 6.45) is 2.34. The molecule has 2 nitrogen and oxygen atoms in total. The van der Waals surface area contributed by atoms with Crippen molar-refractivity contribution in [2.75, 3.05) is 23.4 Å². The van der Waals surface area contributed by atoms with E-state index < -0.39 is 0 Å². The molecule has 2 heterocycles. The molecule has 0 aromatic heterocycles. The molecule has 3 heteroatoms. The normalized spacial score (nSPS) is 25.3. The lowest BCUT2D eigenvalue weighted by Crippen LogP contribution is -2.41. The maximum absolute atomic E-state index is 5.55. The molecule has 3 rings (SSSR count). The number of hydrogen-bond acceptors (Lipinski definition) is 3. The number of rotatable bonds is 2. The first-order valence-corrected chi connectivity index (χ1v) is 7.91. The van der Waals surface area contributed by atoms with Crippen LogP contribution in [0.1, 0.15) is 25.8 Å². The van der Waals surface area contributed by atoms with Crippen molar-refractivity contribution < 1.29 is 4.74 Å². The second-order valence-electron chi connectivity index (χ2n) is 5.93. The third-order valence-corrected chi connectivity index (χ3v) is 5.21. The maximum Gasteiger partial charge on any atom is 0.122 e. The fourth-order valence-corrected chi connectivity index (χ4v) is 4.26. The van der Waals surface area contributed by atoms with Crippen LogP contribution >= 0.6 is 11.8 Å². The van der Waals surface area contributed by atoms with Gasteiger partial charge < -0.3 is 10.1 Å². The third kappa shape index (κ3) is 2.33. The summed E-state index contributed by atoms with van der Waals surface area (Å²) in [5, 5.41) is 3.72. The van der Waals surface area contributed by atoms with Gasteiger partial charge in [-0.25, -0.2) is 0 Å². The first-order valence-electron chi connectivity index (χ1n) is 6.75. The van der Waals surface area contributed by atoms with E-state index in [-0.39, 0.29) is 0 Å². The van der Waals surface area contributed by atoms with E-state index >= 15 is 0 Å². The highest BCUT2D eigenvalue weighted by Crippen LogP contribution is 2.37. The molecule has 0 radical (unpaired) electrons. The lowest BCUT2D eigenvalue weighted by molar-refractivity contribution is 0.305. The molecule has 1 N–H and O–H groups in total. The van der Waals surface area contributed by atoms with Crippen molar-refractivity contribution in [3.05, 3.63) is 23.8 Å². The maximum atomic E-state index is 5.55. The Balaban J connectivity index is 1.76. The molecule has 1 aromatic carbocycles. The molecule has 2 aliphatic rings. The van der Waals surface area contributed by atoms with Crippen molar-refractivity contribution in [2.45, 2.75) is 32.7 Å². The second-order valence-corrected chi connectivity index (χ2v) is 7.08. The zero-order valence-corrected chi connectivity index (χ0v) is 12.0. The molecule has 18 heavy (non-hydrogen) atoms. The topological polar surface area (TPSA) is 21.3 Å². The molecule has 0 amide bonds. The van der Waals surface area contributed by atoms with Gasteiger partial charge in [0.05, 0.1) is 6.61 Å². The highest BCUT2D eigenvalue weighted by molar-refractivity contribution is 7.99. The summed E-state index contributed by atoms with van der Waals surface area (Å²) >= 11 is 2.06. The lowest BCUT2D eigenvalue weighted by atomic mass is 9.82. The second kappa shape index (κ2) is 4.69. The monoisotopic (exact) mass is 263 g/mol. The zero-order chi connectivity index (χ0) is 12.6. The minimum absolute atomic E-state index is 0.390. The Morgan fingerprint density at radius 2 is 2.28 bits per heavy atom. The van der Waals surface area contributed by atoms with Crippen LogP contribution in [0, 0.1) is 5.41 Å². The summed E-state index contributed by atoms with van der Waals surface area (Å²) in [5.74, 6) is 3.57. The lowest BCUT2D eigenvalue weighted by Gasteiger charge is -2.39. The van der Waals surface area contributed by atoms with E-state index in [1.807, 2.05) is 0 Å². The molecule has 2 aliphatic heterocycles. The van der Waals surface area contributed by atoms with Gasteiger partial charge in [0.2, 0.25) is 0 Å². The predicted octanol–water partition coefficient (Wildman–Crippen LogP) is 3.57. The Labute approximate surface area is 113 Å². The minimum Gasteiger partial charge on any atom is -0.493 e. The fraction of sp³-hybridized carbons (Fsp3) is 0.600. The number of hydrogen-bond donors (Lipinski definition) is 1. The van der Waals surface area contributed by atoms with Crippen molar-refractivity contribution in [3.8, 4) is 5.75 Å². The van der Waals surface area contributed by atoms with Crippen molar-refractivity contribution in [1.29, 1.82) is 0 Å². The molecule has 0 spiro atoms. The highest BCUT2D eigenvalue weighted by atomic mass is 32.2. The number of thioether (sulfide) groups is 1. The van der Waals surface area contributed by atoms with Crippen LogP contribution in [0.25, 0.3) is 0 Å². The average molecular weight is 263 g/mol. The van der Waals surface area contributed by atoms with Gasteiger partial charge in [-0.15, -0.1) is 0 Å². The summed E-state index contributed by atoms with van der Waals surface area (Å²) in [7, 11) is 0. The Morgan fingerprint density at radius 1 is 1.39 bits per heavy atom. The van der Waals surface area contributed by atoms with E-state index in [1.54, 1.807) is 0 Å². The van der Waals surface area contributed by atoms with Crippen LogP contribution in [0.4, 0.5) is 5.69 Å². The summed E-state index contributed by atoms with van der Waals surface area (Å²) in [6, 6.07) is 7.08. The van der Waals surface area contributed by atoms with Crippen LogP contribution in [0.5, 0.6) is 5.75 Å². The average Bonchev–Trinajstić information content (AvgIpc) is 2.79. The van der Waals surface area contributed by atoms with Crippen molar-refractivity contribution in [3.63, 3.8) is 0 Å². The van der Waals surface area contributed by atoms with E-state index in [0.29, 0.717) is 11.5 Å². The first kappa shape index (κ1) is 12.2. The Kier molecular flexibility index (Phi) is 3.18. The molecule has 0 aliphatic carbocycles. The summed E-state index contributed by atoms with van der Waals surface area (Å²) in [5.41, 5.74) is 2.99. The molecule has 0 saturated carbocycles. The molecule has 1 aromatic rings. The molecule has 0 bridgehead atoms. The zero-order valence-electron chi connectivity index (χ0n) is 11.2. The highest BCUT2D eigenvalue weighted by Gasteiger charge is 2.32. The number of benzene rings is 1. The molecular weight excluding hydrogens is 242 g/mol. The van der Waals surface area contributed by atoms with Crippen molar-refractivity contribution in [2.24, 2.45) is 5.41 Å². The van der Waals surface area contributed by atoms with Gasteiger partial charge in [-0.1, -0.05) is 13.8 Å². The Morgan fingerprint density at radius 3 is 3.11 bits per heavy atom. The van der Waals surface area contributed by atoms with Gasteiger partial charge in [-0.3, -0.25) is 0 Å². The summed E-state index contributed by atoms with van der Waals surface area (Å²) in [4.78, 5) is 0. The minimum atomic E-state index is 0.390. The van der Waals surface area contributed by atoms with Crippen molar-refractivity contribution in [1.82, 2.24) is 0 Å². The molecule has 98 valence electrons. The van der Waals surface area contributed by atoms with E-state index in [4.69, 9.17) is 4.74 Å². The number of ether oxygens (including phenoxy) is 1. The predicted molar refractivity (Wildman–Crippen MR) is 78.8 cm³/mol. The number of anilines is 1. The van der Waals surface area contributed by atoms with E-state index in [0.717, 1.165) is 18.8 Å². The van der Waals surface area contributed by atoms with Gasteiger partial charge in [-0.2, -0.15) is 11.8 Å². The van der Waals surface area contributed by atoms with E-state index in [9.17, 15) is 0 Å². The van der Waals surface area contributed by atoms with Gasteiger partial charge in [0.15, 0.2) is 0 Å². The molecule has 1 fully saturated rings. The van der Waals surface area contributed by atoms with Gasteiger partial charge in [0.25, 0.3) is 0 Å². The smallest absolute Gasteiger partial charge is 0.122 e. The van der Waals surface area contributed by atoms with Crippen LogP contribution in [0.15, 0.2) is 18.2 Å². The SMILES string of the molecule is CC1(C)CCSCC1Nc1ccc2c(c1)CCO2. The molecule has 1 atom stereocenters. The summed E-state index contributed by atoms with van der Waals surface area (Å²) < 4.78 is 5.55. The Bertz CT molecular complexity index is 444. The first-order chi connectivity index (χ1) is 8.65. The fourth-order valence-electron chi connectivity index (χ4n) is 2.65. The number of fused-ring (bicyclic) bond motifs is 1. The van der Waals surface area contributed by atoms with Gasteiger partial charge >= 0.3 is 0 Å².